The lowest BCUT2D eigenvalue weighted by Crippen LogP contribution is -2.31. The van der Waals surface area contributed by atoms with Crippen LogP contribution in [0, 0.1) is 0 Å². The van der Waals surface area contributed by atoms with Gasteiger partial charge in [-0.05, 0) is 44.5 Å². The molecule has 0 aliphatic carbocycles. The van der Waals surface area contributed by atoms with Gasteiger partial charge in [0.2, 0.25) is 6.41 Å². The first-order valence-corrected chi connectivity index (χ1v) is 7.57. The largest absolute Gasteiger partial charge is 0.493 e. The van der Waals surface area contributed by atoms with Crippen LogP contribution in [0.1, 0.15) is 25.7 Å². The number of nitrogens with zero attached hydrogens (tertiary/aromatic N) is 1. The summed E-state index contributed by atoms with van der Waals surface area (Å²) in [5.41, 5.74) is 0.697. The number of hydrogen-bond donors (Lipinski definition) is 1. The normalized spacial score (nSPS) is 15.5. The van der Waals surface area contributed by atoms with Crippen LogP contribution in [0.3, 0.4) is 0 Å². The van der Waals surface area contributed by atoms with Gasteiger partial charge in [0, 0.05) is 18.3 Å². The van der Waals surface area contributed by atoms with Crippen molar-refractivity contribution in [2.45, 2.75) is 25.7 Å². The number of carbonyl (C=O) groups is 1. The van der Waals surface area contributed by atoms with E-state index in [2.05, 4.69) is 10.2 Å². The van der Waals surface area contributed by atoms with E-state index in [1.807, 2.05) is 6.07 Å². The molecule has 0 aromatic heterocycles. The van der Waals surface area contributed by atoms with Crippen LogP contribution in [-0.4, -0.2) is 44.7 Å². The molecule has 1 aromatic carbocycles. The maximum Gasteiger partial charge on any atom is 0.211 e. The third-order valence-electron chi connectivity index (χ3n) is 3.71. The third-order valence-corrected chi connectivity index (χ3v) is 3.71. The van der Waals surface area contributed by atoms with Crippen molar-refractivity contribution in [2.24, 2.45) is 0 Å². The van der Waals surface area contributed by atoms with Crippen molar-refractivity contribution in [3.63, 3.8) is 0 Å². The highest BCUT2D eigenvalue weighted by molar-refractivity contribution is 5.72. The second-order valence-electron chi connectivity index (χ2n) is 5.23. The Labute approximate surface area is 126 Å². The molecule has 5 heteroatoms. The second kappa shape index (κ2) is 8.52. The summed E-state index contributed by atoms with van der Waals surface area (Å²) in [5.74, 6) is 1.35. The second-order valence-corrected chi connectivity index (χ2v) is 5.23. The van der Waals surface area contributed by atoms with Crippen LogP contribution >= 0.6 is 0 Å². The Kier molecular flexibility index (Phi) is 6.34. The fourth-order valence-electron chi connectivity index (χ4n) is 2.60. The van der Waals surface area contributed by atoms with Crippen molar-refractivity contribution < 1.29 is 14.3 Å². The Morgan fingerprint density at radius 2 is 2.05 bits per heavy atom. The summed E-state index contributed by atoms with van der Waals surface area (Å²) < 4.78 is 11.1. The number of anilines is 1. The molecule has 1 aromatic rings. The zero-order valence-corrected chi connectivity index (χ0v) is 12.6. The van der Waals surface area contributed by atoms with E-state index in [1.165, 1.54) is 32.4 Å². The molecular weight excluding hydrogens is 268 g/mol. The predicted molar refractivity (Wildman–Crippen MR) is 83.1 cm³/mol. The maximum absolute atomic E-state index is 10.4. The molecule has 21 heavy (non-hydrogen) atoms. The molecule has 116 valence electrons. The average molecular weight is 292 g/mol. The lowest BCUT2D eigenvalue weighted by atomic mass is 10.1. The molecule has 1 N–H and O–H groups in total. The van der Waals surface area contributed by atoms with Crippen molar-refractivity contribution in [1.29, 1.82) is 0 Å². The molecule has 0 radical (unpaired) electrons. The lowest BCUT2D eigenvalue weighted by molar-refractivity contribution is -0.105. The fourth-order valence-corrected chi connectivity index (χ4v) is 2.60. The molecule has 1 heterocycles. The summed E-state index contributed by atoms with van der Waals surface area (Å²) in [6.45, 7) is 4.20. The number of likely N-dealkylation sites (tertiary alicyclic amines) is 1. The smallest absolute Gasteiger partial charge is 0.211 e. The SMILES string of the molecule is COc1cc(NC=O)ccc1OCCCN1CCCCC1. The Morgan fingerprint density at radius 3 is 2.76 bits per heavy atom. The topological polar surface area (TPSA) is 50.8 Å². The van der Waals surface area contributed by atoms with Gasteiger partial charge in [0.05, 0.1) is 13.7 Å². The van der Waals surface area contributed by atoms with Gasteiger partial charge in [-0.15, -0.1) is 0 Å². The van der Waals surface area contributed by atoms with E-state index in [0.717, 1.165) is 13.0 Å². The first-order chi connectivity index (χ1) is 10.3. The van der Waals surface area contributed by atoms with Crippen LogP contribution in [0.25, 0.3) is 0 Å². The highest BCUT2D eigenvalue weighted by Gasteiger charge is 2.10. The molecule has 0 bridgehead atoms. The first kappa shape index (κ1) is 15.6. The van der Waals surface area contributed by atoms with Crippen LogP contribution in [0.2, 0.25) is 0 Å². The number of rotatable bonds is 8. The van der Waals surface area contributed by atoms with E-state index in [4.69, 9.17) is 9.47 Å². The Balaban J connectivity index is 1.77. The van der Waals surface area contributed by atoms with Crippen molar-refractivity contribution in [1.82, 2.24) is 4.90 Å². The first-order valence-electron chi connectivity index (χ1n) is 7.57. The minimum absolute atomic E-state index is 0.639. The van der Waals surface area contributed by atoms with Crippen molar-refractivity contribution >= 4 is 12.1 Å². The summed E-state index contributed by atoms with van der Waals surface area (Å²) in [4.78, 5) is 12.9. The Hall–Kier alpha value is -1.75. The molecule has 0 spiro atoms. The Morgan fingerprint density at radius 1 is 1.24 bits per heavy atom. The molecule has 0 atom stereocenters. The number of ether oxygens (including phenoxy) is 2. The summed E-state index contributed by atoms with van der Waals surface area (Å²) in [6, 6.07) is 5.39. The summed E-state index contributed by atoms with van der Waals surface area (Å²) in [5, 5.41) is 2.60. The van der Waals surface area contributed by atoms with E-state index in [9.17, 15) is 4.79 Å². The van der Waals surface area contributed by atoms with E-state index >= 15 is 0 Å². The molecule has 1 saturated heterocycles. The third kappa shape index (κ3) is 4.93. The summed E-state index contributed by atoms with van der Waals surface area (Å²) >= 11 is 0. The quantitative estimate of drug-likeness (QED) is 0.591. The molecule has 5 nitrogen and oxygen atoms in total. The summed E-state index contributed by atoms with van der Waals surface area (Å²) in [6.07, 6.45) is 5.66. The van der Waals surface area contributed by atoms with Crippen LogP contribution in [0.15, 0.2) is 18.2 Å². The zero-order valence-electron chi connectivity index (χ0n) is 12.6. The standard InChI is InChI=1S/C16H24N2O3/c1-20-16-12-14(17-13-19)6-7-15(16)21-11-5-10-18-8-3-2-4-9-18/h6-7,12-13H,2-5,8-11H2,1H3,(H,17,19). The number of benzene rings is 1. The van der Waals surface area contributed by atoms with Crippen molar-refractivity contribution in [3.05, 3.63) is 18.2 Å². The molecule has 1 amide bonds. The molecule has 0 saturated carbocycles. The molecule has 2 rings (SSSR count). The van der Waals surface area contributed by atoms with Gasteiger partial charge >= 0.3 is 0 Å². The van der Waals surface area contributed by atoms with Gasteiger partial charge in [0.25, 0.3) is 0 Å². The molecule has 1 fully saturated rings. The number of amides is 1. The maximum atomic E-state index is 10.4. The predicted octanol–water partition coefficient (Wildman–Crippen LogP) is 2.52. The van der Waals surface area contributed by atoms with Crippen LogP contribution in [-0.2, 0) is 4.79 Å². The van der Waals surface area contributed by atoms with E-state index in [1.54, 1.807) is 19.2 Å². The number of methoxy groups -OCH3 is 1. The van der Waals surface area contributed by atoms with Crippen LogP contribution in [0.5, 0.6) is 11.5 Å². The monoisotopic (exact) mass is 292 g/mol. The van der Waals surface area contributed by atoms with Gasteiger partial charge in [0.15, 0.2) is 11.5 Å². The number of hydrogen-bond acceptors (Lipinski definition) is 4. The molecular formula is C16H24N2O3. The van der Waals surface area contributed by atoms with Crippen LogP contribution in [0.4, 0.5) is 5.69 Å². The lowest BCUT2D eigenvalue weighted by Gasteiger charge is -2.26. The zero-order chi connectivity index (χ0) is 14.9. The van der Waals surface area contributed by atoms with Crippen molar-refractivity contribution in [2.75, 3.05) is 38.7 Å². The molecule has 1 aliphatic rings. The van der Waals surface area contributed by atoms with Crippen molar-refractivity contribution in [3.8, 4) is 11.5 Å². The highest BCUT2D eigenvalue weighted by Crippen LogP contribution is 2.30. The highest BCUT2D eigenvalue weighted by atomic mass is 16.5. The van der Waals surface area contributed by atoms with E-state index in [-0.39, 0.29) is 0 Å². The van der Waals surface area contributed by atoms with Gasteiger partial charge < -0.3 is 19.7 Å². The fraction of sp³-hybridized carbons (Fsp3) is 0.562. The van der Waals surface area contributed by atoms with Gasteiger partial charge in [-0.3, -0.25) is 4.79 Å². The van der Waals surface area contributed by atoms with E-state index < -0.39 is 0 Å². The molecule has 0 unspecified atom stereocenters. The molecule has 1 aliphatic heterocycles. The van der Waals surface area contributed by atoms with Gasteiger partial charge in [-0.25, -0.2) is 0 Å². The van der Waals surface area contributed by atoms with E-state index in [0.29, 0.717) is 30.2 Å². The van der Waals surface area contributed by atoms with Gasteiger partial charge in [-0.2, -0.15) is 0 Å². The van der Waals surface area contributed by atoms with Gasteiger partial charge in [-0.1, -0.05) is 6.42 Å². The minimum atomic E-state index is 0.639. The van der Waals surface area contributed by atoms with Crippen LogP contribution < -0.4 is 14.8 Å². The van der Waals surface area contributed by atoms with Gasteiger partial charge in [0.1, 0.15) is 0 Å². The average Bonchev–Trinajstić information content (AvgIpc) is 2.53. The number of carbonyl (C=O) groups excluding carboxylic acids is 1. The summed E-state index contributed by atoms with van der Waals surface area (Å²) in [7, 11) is 1.60. The number of nitrogens with one attached hydrogen (secondary N) is 1. The minimum Gasteiger partial charge on any atom is -0.493 e. The Bertz CT molecular complexity index is 445. The number of piperidine rings is 1.